The van der Waals surface area contributed by atoms with Gasteiger partial charge in [0.2, 0.25) is 0 Å². The van der Waals surface area contributed by atoms with E-state index >= 15 is 0 Å². The summed E-state index contributed by atoms with van der Waals surface area (Å²) in [6.07, 6.45) is 2.25. The van der Waals surface area contributed by atoms with Crippen molar-refractivity contribution < 1.29 is 9.59 Å². The van der Waals surface area contributed by atoms with Crippen molar-refractivity contribution in [2.75, 3.05) is 0 Å². The number of H-pyrrole nitrogens is 1. The predicted molar refractivity (Wildman–Crippen MR) is 96.5 cm³/mol. The van der Waals surface area contributed by atoms with Crippen LogP contribution in [0.1, 0.15) is 38.4 Å². The monoisotopic (exact) mass is 395 g/mol. The molecule has 1 unspecified atom stereocenters. The Labute approximate surface area is 152 Å². The molecule has 1 aliphatic heterocycles. The summed E-state index contributed by atoms with van der Waals surface area (Å²) in [7, 11) is 0. The predicted octanol–water partition coefficient (Wildman–Crippen LogP) is 3.48. The van der Waals surface area contributed by atoms with E-state index in [2.05, 4.69) is 25.9 Å². The first-order chi connectivity index (χ1) is 12.1. The van der Waals surface area contributed by atoms with Crippen molar-refractivity contribution in [2.45, 2.75) is 25.3 Å². The van der Waals surface area contributed by atoms with Crippen LogP contribution in [0.2, 0.25) is 0 Å². The highest BCUT2D eigenvalue weighted by Crippen LogP contribution is 2.34. The Morgan fingerprint density at radius 3 is 2.52 bits per heavy atom. The largest absolute Gasteiger partial charge is 0.343 e. The van der Waals surface area contributed by atoms with Gasteiger partial charge >= 0.3 is 0 Å². The van der Waals surface area contributed by atoms with Crippen molar-refractivity contribution in [3.05, 3.63) is 63.4 Å². The molecule has 0 radical (unpaired) electrons. The minimum atomic E-state index is -0.172. The number of hydrogen-bond acceptors (Lipinski definition) is 3. The van der Waals surface area contributed by atoms with Crippen LogP contribution in [0.3, 0.4) is 0 Å². The van der Waals surface area contributed by atoms with E-state index in [1.165, 1.54) is 10.5 Å². The third-order valence-electron chi connectivity index (χ3n) is 5.18. The van der Waals surface area contributed by atoms with Crippen LogP contribution < -0.4 is 0 Å². The van der Waals surface area contributed by atoms with Crippen LogP contribution >= 0.6 is 15.9 Å². The van der Waals surface area contributed by atoms with Gasteiger partial charge in [0, 0.05) is 17.1 Å². The van der Waals surface area contributed by atoms with E-state index in [-0.39, 0.29) is 17.9 Å². The van der Waals surface area contributed by atoms with Crippen molar-refractivity contribution in [3.8, 4) is 0 Å². The van der Waals surface area contributed by atoms with Gasteiger partial charge in [0.25, 0.3) is 11.8 Å². The molecule has 124 valence electrons. The molecule has 2 aromatic heterocycles. The fourth-order valence-corrected chi connectivity index (χ4v) is 4.32. The maximum Gasteiger partial charge on any atom is 0.261 e. The molecule has 0 saturated carbocycles. The molecule has 25 heavy (non-hydrogen) atoms. The van der Waals surface area contributed by atoms with E-state index in [1.807, 2.05) is 12.1 Å². The van der Waals surface area contributed by atoms with Crippen LogP contribution in [0.4, 0.5) is 0 Å². The Hall–Kier alpha value is -2.47. The molecule has 5 nitrogen and oxygen atoms in total. The number of fused-ring (bicyclic) bond motifs is 4. The fourth-order valence-electron chi connectivity index (χ4n) is 4.01. The number of benzene rings is 1. The summed E-state index contributed by atoms with van der Waals surface area (Å²) in [5.41, 5.74) is 4.21. The lowest BCUT2D eigenvalue weighted by atomic mass is 9.90. The summed E-state index contributed by atoms with van der Waals surface area (Å²) >= 11 is 3.40. The molecule has 3 heterocycles. The summed E-state index contributed by atoms with van der Waals surface area (Å²) < 4.78 is 0.787. The maximum absolute atomic E-state index is 12.7. The second-order valence-electron chi connectivity index (χ2n) is 6.53. The van der Waals surface area contributed by atoms with Gasteiger partial charge in [-0.1, -0.05) is 12.1 Å². The Morgan fingerprint density at radius 1 is 1.08 bits per heavy atom. The number of nitrogens with one attached hydrogen (secondary N) is 1. The van der Waals surface area contributed by atoms with Gasteiger partial charge in [0.15, 0.2) is 0 Å². The zero-order chi connectivity index (χ0) is 17.1. The number of nitrogens with zero attached hydrogens (tertiary/aromatic N) is 2. The molecule has 1 aliphatic carbocycles. The molecule has 1 atom stereocenters. The number of hydrogen-bond donors (Lipinski definition) is 1. The lowest BCUT2D eigenvalue weighted by molar-refractivity contribution is 0.0571. The molecule has 3 aromatic rings. The average Bonchev–Trinajstić information content (AvgIpc) is 3.10. The minimum absolute atomic E-state index is 0.109. The molecule has 2 amide bonds. The topological polar surface area (TPSA) is 66.1 Å². The zero-order valence-corrected chi connectivity index (χ0v) is 14.8. The summed E-state index contributed by atoms with van der Waals surface area (Å²) in [5, 5.41) is 1.07. The van der Waals surface area contributed by atoms with Gasteiger partial charge in [0.1, 0.15) is 10.3 Å². The van der Waals surface area contributed by atoms with Gasteiger partial charge in [-0.25, -0.2) is 4.98 Å². The number of amides is 2. The third-order valence-corrected chi connectivity index (χ3v) is 5.62. The Balaban J connectivity index is 1.53. The standard InChI is InChI=1S/C19H14BrN3O2/c20-16-8-6-11-14-9-10(5-7-15(14)21-17(11)22-16)23-18(24)12-3-1-2-4-13(12)19(23)25/h1-4,6,8,10H,5,7,9H2,(H,21,22). The third kappa shape index (κ3) is 2.10. The van der Waals surface area contributed by atoms with E-state index in [9.17, 15) is 9.59 Å². The van der Waals surface area contributed by atoms with Crippen LogP contribution in [-0.4, -0.2) is 32.7 Å². The van der Waals surface area contributed by atoms with Crippen molar-refractivity contribution in [1.82, 2.24) is 14.9 Å². The van der Waals surface area contributed by atoms with Gasteiger partial charge in [-0.15, -0.1) is 0 Å². The highest BCUT2D eigenvalue weighted by molar-refractivity contribution is 9.10. The zero-order valence-electron chi connectivity index (χ0n) is 13.3. The first kappa shape index (κ1) is 14.8. The highest BCUT2D eigenvalue weighted by Gasteiger charge is 2.41. The van der Waals surface area contributed by atoms with Crippen molar-refractivity contribution in [2.24, 2.45) is 0 Å². The van der Waals surface area contributed by atoms with E-state index in [4.69, 9.17) is 0 Å². The number of aromatic amines is 1. The van der Waals surface area contributed by atoms with Gasteiger partial charge < -0.3 is 4.98 Å². The number of aromatic nitrogens is 2. The van der Waals surface area contributed by atoms with Crippen molar-refractivity contribution >= 4 is 38.8 Å². The number of imide groups is 1. The molecule has 0 spiro atoms. The summed E-state index contributed by atoms with van der Waals surface area (Å²) in [5.74, 6) is -0.343. The molecule has 0 fully saturated rings. The normalized spacial score (nSPS) is 19.4. The lowest BCUT2D eigenvalue weighted by Crippen LogP contribution is -2.43. The number of pyridine rings is 1. The number of carbonyl (C=O) groups is 2. The number of carbonyl (C=O) groups excluding carboxylic acids is 2. The van der Waals surface area contributed by atoms with E-state index in [1.54, 1.807) is 24.3 Å². The van der Waals surface area contributed by atoms with Crippen LogP contribution in [0, 0.1) is 0 Å². The summed E-state index contributed by atoms with van der Waals surface area (Å²) in [4.78, 5) is 34.8. The first-order valence-corrected chi connectivity index (χ1v) is 9.05. The average molecular weight is 396 g/mol. The molecule has 0 saturated heterocycles. The molecular formula is C19H14BrN3O2. The number of halogens is 1. The molecule has 2 aliphatic rings. The molecule has 5 rings (SSSR count). The van der Waals surface area contributed by atoms with Crippen LogP contribution in [-0.2, 0) is 12.8 Å². The number of rotatable bonds is 1. The van der Waals surface area contributed by atoms with Gasteiger partial charge in [-0.3, -0.25) is 14.5 Å². The van der Waals surface area contributed by atoms with E-state index in [0.29, 0.717) is 17.5 Å². The number of aryl methyl sites for hydroxylation is 1. The van der Waals surface area contributed by atoms with Crippen LogP contribution in [0.5, 0.6) is 0 Å². The molecule has 1 N–H and O–H groups in total. The Morgan fingerprint density at radius 2 is 1.80 bits per heavy atom. The fraction of sp³-hybridized carbons (Fsp3) is 0.211. The summed E-state index contributed by atoms with van der Waals surface area (Å²) in [6, 6.07) is 10.9. The smallest absolute Gasteiger partial charge is 0.261 e. The summed E-state index contributed by atoms with van der Waals surface area (Å²) in [6.45, 7) is 0. The van der Waals surface area contributed by atoms with Crippen molar-refractivity contribution in [1.29, 1.82) is 0 Å². The van der Waals surface area contributed by atoms with E-state index < -0.39 is 0 Å². The molecular weight excluding hydrogens is 382 g/mol. The minimum Gasteiger partial charge on any atom is -0.343 e. The SMILES string of the molecule is O=C1c2ccccc2C(=O)N1C1CCc2[nH]c3nc(Br)ccc3c2C1. The second-order valence-corrected chi connectivity index (χ2v) is 7.35. The van der Waals surface area contributed by atoms with Gasteiger partial charge in [0.05, 0.1) is 11.1 Å². The Kier molecular flexibility index (Phi) is 3.12. The maximum atomic E-state index is 12.7. The van der Waals surface area contributed by atoms with Crippen LogP contribution in [0.25, 0.3) is 11.0 Å². The van der Waals surface area contributed by atoms with Gasteiger partial charge in [-0.2, -0.15) is 0 Å². The van der Waals surface area contributed by atoms with Crippen LogP contribution in [0.15, 0.2) is 41.0 Å². The van der Waals surface area contributed by atoms with Gasteiger partial charge in [-0.05, 0) is 65.0 Å². The second kappa shape index (κ2) is 5.26. The van der Waals surface area contributed by atoms with Crippen molar-refractivity contribution in [3.63, 3.8) is 0 Å². The molecule has 6 heteroatoms. The highest BCUT2D eigenvalue weighted by atomic mass is 79.9. The lowest BCUT2D eigenvalue weighted by Gasteiger charge is -2.29. The quantitative estimate of drug-likeness (QED) is 0.506. The Bertz CT molecular complexity index is 1020. The van der Waals surface area contributed by atoms with E-state index in [0.717, 1.165) is 34.2 Å². The first-order valence-electron chi connectivity index (χ1n) is 8.26. The molecule has 0 bridgehead atoms. The molecule has 1 aromatic carbocycles.